The van der Waals surface area contributed by atoms with Gasteiger partial charge in [-0.1, -0.05) is 42.5 Å². The number of nitrogens with zero attached hydrogens (tertiary/aromatic N) is 2. The Balaban J connectivity index is 1.79. The minimum Gasteiger partial charge on any atom is -0.368 e. The number of primary amides is 1. The van der Waals surface area contributed by atoms with Gasteiger partial charge < -0.3 is 5.73 Å². The molecule has 0 aliphatic rings. The number of hydrogen-bond acceptors (Lipinski definition) is 4. The van der Waals surface area contributed by atoms with E-state index < -0.39 is 11.4 Å². The number of rotatable bonds is 7. The Kier molecular flexibility index (Phi) is 5.31. The van der Waals surface area contributed by atoms with E-state index in [1.165, 1.54) is 0 Å². The van der Waals surface area contributed by atoms with Crippen LogP contribution in [0.4, 0.5) is 0 Å². The number of benzene rings is 2. The summed E-state index contributed by atoms with van der Waals surface area (Å²) in [5.41, 5.74) is 7.75. The van der Waals surface area contributed by atoms with E-state index in [0.717, 1.165) is 27.5 Å². The maximum atomic E-state index is 12.9. The van der Waals surface area contributed by atoms with Gasteiger partial charge in [0.25, 0.3) is 0 Å². The molecule has 29 heavy (non-hydrogen) atoms. The van der Waals surface area contributed by atoms with Crippen LogP contribution >= 0.6 is 0 Å². The molecule has 144 valence electrons. The van der Waals surface area contributed by atoms with Gasteiger partial charge in [0.2, 0.25) is 5.91 Å². The lowest BCUT2D eigenvalue weighted by molar-refractivity contribution is -0.125. The molecule has 5 heteroatoms. The molecule has 1 amide bonds. The number of aromatic nitrogens is 2. The number of fused-ring (bicyclic) bond motifs is 1. The van der Waals surface area contributed by atoms with E-state index >= 15 is 0 Å². The van der Waals surface area contributed by atoms with Gasteiger partial charge in [-0.25, -0.2) is 0 Å². The summed E-state index contributed by atoms with van der Waals surface area (Å²) in [6.45, 7) is 0.485. The van der Waals surface area contributed by atoms with Gasteiger partial charge in [-0.05, 0) is 51.7 Å². The molecule has 4 rings (SSSR count). The van der Waals surface area contributed by atoms with Crippen molar-refractivity contribution in [1.82, 2.24) is 15.3 Å². The number of nitrogens with one attached hydrogen (secondary N) is 1. The molecule has 0 fully saturated rings. The third-order valence-electron chi connectivity index (χ3n) is 5.20. The predicted molar refractivity (Wildman–Crippen MR) is 114 cm³/mol. The quantitative estimate of drug-likeness (QED) is 0.514. The lowest BCUT2D eigenvalue weighted by atomic mass is 9.82. The van der Waals surface area contributed by atoms with Crippen molar-refractivity contribution in [2.24, 2.45) is 5.73 Å². The Bertz CT molecular complexity index is 1120. The Morgan fingerprint density at radius 2 is 1.66 bits per heavy atom. The normalized spacial score (nSPS) is 13.1. The van der Waals surface area contributed by atoms with Gasteiger partial charge in [-0.15, -0.1) is 0 Å². The van der Waals surface area contributed by atoms with Crippen molar-refractivity contribution in [3.05, 3.63) is 108 Å². The Labute approximate surface area is 169 Å². The zero-order valence-electron chi connectivity index (χ0n) is 16.0. The molecule has 0 spiro atoms. The zero-order chi connectivity index (χ0) is 20.1. The maximum absolute atomic E-state index is 12.9. The molecule has 2 aromatic heterocycles. The number of nitrogens with two attached hydrogens (primary N) is 1. The lowest BCUT2D eigenvalue weighted by Gasteiger charge is -2.33. The molecule has 0 bridgehead atoms. The third-order valence-corrected chi connectivity index (χ3v) is 5.20. The van der Waals surface area contributed by atoms with E-state index in [4.69, 9.17) is 5.73 Å². The molecule has 0 aliphatic carbocycles. The number of hydrogen-bond donors (Lipinski definition) is 2. The highest BCUT2D eigenvalue weighted by Crippen LogP contribution is 2.29. The highest BCUT2D eigenvalue weighted by Gasteiger charge is 2.38. The van der Waals surface area contributed by atoms with Crippen LogP contribution in [-0.4, -0.2) is 15.9 Å². The second-order valence-corrected chi connectivity index (χ2v) is 7.08. The number of pyridine rings is 2. The first-order chi connectivity index (χ1) is 14.2. The van der Waals surface area contributed by atoms with Crippen LogP contribution in [-0.2, 0) is 23.3 Å². The van der Waals surface area contributed by atoms with Gasteiger partial charge in [0, 0.05) is 37.8 Å². The molecular weight excluding hydrogens is 360 g/mol. The van der Waals surface area contributed by atoms with Crippen molar-refractivity contribution < 1.29 is 4.79 Å². The monoisotopic (exact) mass is 382 g/mol. The summed E-state index contributed by atoms with van der Waals surface area (Å²) >= 11 is 0. The zero-order valence-corrected chi connectivity index (χ0v) is 16.0. The van der Waals surface area contributed by atoms with E-state index in [1.807, 2.05) is 60.7 Å². The number of carbonyl (C=O) groups is 1. The predicted octanol–water partition coefficient (Wildman–Crippen LogP) is 3.34. The third kappa shape index (κ3) is 4.00. The van der Waals surface area contributed by atoms with Crippen molar-refractivity contribution in [2.45, 2.75) is 18.5 Å². The summed E-state index contributed by atoms with van der Waals surface area (Å²) in [6.07, 6.45) is 7.36. The van der Waals surface area contributed by atoms with E-state index in [0.29, 0.717) is 13.0 Å². The summed E-state index contributed by atoms with van der Waals surface area (Å²) in [5.74, 6) is -0.425. The largest absolute Gasteiger partial charge is 0.368 e. The molecule has 0 saturated carbocycles. The molecule has 4 aromatic rings. The first-order valence-corrected chi connectivity index (χ1v) is 9.49. The lowest BCUT2D eigenvalue weighted by Crippen LogP contribution is -2.54. The molecule has 1 unspecified atom stereocenters. The van der Waals surface area contributed by atoms with Gasteiger partial charge in [0.15, 0.2) is 0 Å². The van der Waals surface area contributed by atoms with Gasteiger partial charge in [-0.3, -0.25) is 20.1 Å². The Morgan fingerprint density at radius 1 is 0.862 bits per heavy atom. The molecule has 0 radical (unpaired) electrons. The van der Waals surface area contributed by atoms with Crippen LogP contribution in [0.5, 0.6) is 0 Å². The molecular formula is C24H22N4O. The summed E-state index contributed by atoms with van der Waals surface area (Å²) in [7, 11) is 0. The van der Waals surface area contributed by atoms with Crippen molar-refractivity contribution in [3.63, 3.8) is 0 Å². The summed E-state index contributed by atoms with van der Waals surface area (Å²) in [5, 5.41) is 5.63. The van der Waals surface area contributed by atoms with Crippen LogP contribution < -0.4 is 11.1 Å². The minimum atomic E-state index is -1.07. The summed E-state index contributed by atoms with van der Waals surface area (Å²) in [4.78, 5) is 21.2. The fourth-order valence-electron chi connectivity index (χ4n) is 3.60. The van der Waals surface area contributed by atoms with Crippen LogP contribution in [0.15, 0.2) is 91.5 Å². The Hall–Kier alpha value is -3.57. The smallest absolute Gasteiger partial charge is 0.242 e. The van der Waals surface area contributed by atoms with Gasteiger partial charge >= 0.3 is 0 Å². The first-order valence-electron chi connectivity index (χ1n) is 9.49. The van der Waals surface area contributed by atoms with Crippen molar-refractivity contribution >= 4 is 16.7 Å². The van der Waals surface area contributed by atoms with Crippen LogP contribution in [0.25, 0.3) is 10.8 Å². The molecule has 5 nitrogen and oxygen atoms in total. The van der Waals surface area contributed by atoms with E-state index in [1.54, 1.807) is 24.8 Å². The van der Waals surface area contributed by atoms with Crippen LogP contribution in [0.2, 0.25) is 0 Å². The molecule has 1 atom stereocenters. The van der Waals surface area contributed by atoms with Gasteiger partial charge in [0.1, 0.15) is 5.54 Å². The Morgan fingerprint density at radius 3 is 2.38 bits per heavy atom. The van der Waals surface area contributed by atoms with Crippen LogP contribution in [0, 0.1) is 0 Å². The molecule has 3 N–H and O–H groups in total. The fraction of sp³-hybridized carbons (Fsp3) is 0.125. The molecule has 0 saturated heterocycles. The first kappa shape index (κ1) is 18.8. The SMILES string of the molecule is NC(=O)C(Cc1cccnc1)(NCc1ccncc1)c1ccc2ccccc2c1. The van der Waals surface area contributed by atoms with E-state index in [2.05, 4.69) is 21.4 Å². The van der Waals surface area contributed by atoms with Crippen molar-refractivity contribution in [3.8, 4) is 0 Å². The fourth-order valence-corrected chi connectivity index (χ4v) is 3.60. The molecule has 2 aromatic carbocycles. The minimum absolute atomic E-state index is 0.402. The number of carbonyl (C=O) groups excluding carboxylic acids is 1. The molecule has 2 heterocycles. The summed E-state index contributed by atoms with van der Waals surface area (Å²) in [6, 6.07) is 21.8. The standard InChI is InChI=1S/C24H22N4O/c25-23(29)24(15-19-4-3-11-27-16-19,28-17-18-9-12-26-13-10-18)22-8-7-20-5-1-2-6-21(20)14-22/h1-14,16,28H,15,17H2,(H2,25,29). The van der Waals surface area contributed by atoms with E-state index in [-0.39, 0.29) is 0 Å². The number of amides is 1. The average molecular weight is 382 g/mol. The summed E-state index contributed by atoms with van der Waals surface area (Å²) < 4.78 is 0. The van der Waals surface area contributed by atoms with Crippen LogP contribution in [0.3, 0.4) is 0 Å². The molecule has 0 aliphatic heterocycles. The average Bonchev–Trinajstić information content (AvgIpc) is 2.77. The highest BCUT2D eigenvalue weighted by molar-refractivity contribution is 5.90. The van der Waals surface area contributed by atoms with Gasteiger partial charge in [0.05, 0.1) is 0 Å². The van der Waals surface area contributed by atoms with Crippen LogP contribution in [0.1, 0.15) is 16.7 Å². The van der Waals surface area contributed by atoms with Crippen molar-refractivity contribution in [2.75, 3.05) is 0 Å². The maximum Gasteiger partial charge on any atom is 0.242 e. The van der Waals surface area contributed by atoms with E-state index in [9.17, 15) is 4.79 Å². The van der Waals surface area contributed by atoms with Crippen molar-refractivity contribution in [1.29, 1.82) is 0 Å². The highest BCUT2D eigenvalue weighted by atomic mass is 16.1. The second-order valence-electron chi connectivity index (χ2n) is 7.08. The second kappa shape index (κ2) is 8.20. The topological polar surface area (TPSA) is 80.9 Å². The van der Waals surface area contributed by atoms with Gasteiger partial charge in [-0.2, -0.15) is 0 Å².